The molecular weight excluding hydrogens is 214 g/mol. The number of methoxy groups -OCH3 is 1. The normalized spacial score (nSPS) is 9.69. The molecule has 13 heavy (non-hydrogen) atoms. The third kappa shape index (κ3) is 2.53. The zero-order valence-corrected chi connectivity index (χ0v) is 8.48. The van der Waals surface area contributed by atoms with E-state index >= 15 is 0 Å². The molecule has 0 aliphatic heterocycles. The van der Waals surface area contributed by atoms with Gasteiger partial charge in [0, 0.05) is 12.4 Å². The Labute approximate surface area is 84.4 Å². The van der Waals surface area contributed by atoms with Gasteiger partial charge in [-0.25, -0.2) is 4.79 Å². The van der Waals surface area contributed by atoms with Crippen LogP contribution in [-0.4, -0.2) is 34.3 Å². The zero-order chi connectivity index (χ0) is 9.68. The van der Waals surface area contributed by atoms with E-state index in [1.807, 2.05) is 0 Å². The Balaban J connectivity index is 2.71. The van der Waals surface area contributed by atoms with Crippen molar-refractivity contribution >= 4 is 35.1 Å². The molecule has 0 atom stereocenters. The molecule has 0 aliphatic carbocycles. The monoisotopic (exact) mass is 221 g/mol. The maximum absolute atomic E-state index is 11.1. The molecule has 0 aliphatic rings. The maximum atomic E-state index is 11.1. The van der Waals surface area contributed by atoms with Gasteiger partial charge in [0.2, 0.25) is 5.69 Å². The standard InChI is InChI=1S/C6H8ClN3O2S/c1-12-6(11)4-5(8-3-2-7)10-13-9-4/h2-3H2,1H3,(H,8,10). The van der Waals surface area contributed by atoms with Crippen LogP contribution in [0.1, 0.15) is 10.5 Å². The Kier molecular flexibility index (Phi) is 3.91. The molecule has 72 valence electrons. The van der Waals surface area contributed by atoms with E-state index in [1.165, 1.54) is 7.11 Å². The number of anilines is 1. The summed E-state index contributed by atoms with van der Waals surface area (Å²) in [6.07, 6.45) is 0. The van der Waals surface area contributed by atoms with Crippen LogP contribution in [0.5, 0.6) is 0 Å². The molecule has 0 saturated heterocycles. The molecule has 0 unspecified atom stereocenters. The number of esters is 1. The maximum Gasteiger partial charge on any atom is 0.361 e. The van der Waals surface area contributed by atoms with Crippen molar-refractivity contribution in [1.82, 2.24) is 8.75 Å². The summed E-state index contributed by atoms with van der Waals surface area (Å²) in [4.78, 5) is 11.1. The highest BCUT2D eigenvalue weighted by molar-refractivity contribution is 6.99. The van der Waals surface area contributed by atoms with Gasteiger partial charge in [0.25, 0.3) is 0 Å². The van der Waals surface area contributed by atoms with E-state index in [4.69, 9.17) is 11.6 Å². The van der Waals surface area contributed by atoms with Crippen LogP contribution >= 0.6 is 23.3 Å². The lowest BCUT2D eigenvalue weighted by atomic mass is 10.4. The van der Waals surface area contributed by atoms with E-state index in [-0.39, 0.29) is 5.69 Å². The minimum atomic E-state index is -0.495. The zero-order valence-electron chi connectivity index (χ0n) is 6.91. The Bertz CT molecular complexity index is 291. The summed E-state index contributed by atoms with van der Waals surface area (Å²) in [7, 11) is 1.30. The number of alkyl halides is 1. The van der Waals surface area contributed by atoms with Crippen molar-refractivity contribution in [2.24, 2.45) is 0 Å². The molecule has 0 fully saturated rings. The Hall–Kier alpha value is -0.880. The number of nitrogens with zero attached hydrogens (tertiary/aromatic N) is 2. The number of hydrogen-bond acceptors (Lipinski definition) is 6. The third-order valence-corrected chi connectivity index (χ3v) is 1.97. The highest BCUT2D eigenvalue weighted by atomic mass is 35.5. The van der Waals surface area contributed by atoms with Crippen molar-refractivity contribution in [3.05, 3.63) is 5.69 Å². The molecule has 0 spiro atoms. The van der Waals surface area contributed by atoms with Crippen LogP contribution in [0, 0.1) is 0 Å². The second-order valence-corrected chi connectivity index (χ2v) is 2.98. The summed E-state index contributed by atoms with van der Waals surface area (Å²) in [5.41, 5.74) is 0.206. The van der Waals surface area contributed by atoms with Gasteiger partial charge in [-0.1, -0.05) is 0 Å². The van der Waals surface area contributed by atoms with Crippen molar-refractivity contribution in [3.8, 4) is 0 Å². The van der Waals surface area contributed by atoms with E-state index in [0.29, 0.717) is 18.2 Å². The van der Waals surface area contributed by atoms with Gasteiger partial charge in [-0.3, -0.25) is 0 Å². The first kappa shape index (κ1) is 10.2. The number of halogens is 1. The summed E-state index contributed by atoms with van der Waals surface area (Å²) < 4.78 is 12.2. The van der Waals surface area contributed by atoms with Crippen LogP contribution < -0.4 is 5.32 Å². The minimum Gasteiger partial charge on any atom is -0.464 e. The first-order valence-corrected chi connectivity index (χ1v) is 4.76. The van der Waals surface area contributed by atoms with Crippen molar-refractivity contribution < 1.29 is 9.53 Å². The molecule has 0 amide bonds. The molecule has 1 N–H and O–H groups in total. The van der Waals surface area contributed by atoms with Gasteiger partial charge in [-0.05, 0) is 0 Å². The second-order valence-electron chi connectivity index (χ2n) is 2.07. The van der Waals surface area contributed by atoms with Crippen LogP contribution in [0.3, 0.4) is 0 Å². The first-order valence-electron chi connectivity index (χ1n) is 3.50. The predicted molar refractivity (Wildman–Crippen MR) is 50.5 cm³/mol. The van der Waals surface area contributed by atoms with Crippen LogP contribution in [0.25, 0.3) is 0 Å². The van der Waals surface area contributed by atoms with Gasteiger partial charge < -0.3 is 10.1 Å². The van der Waals surface area contributed by atoms with Gasteiger partial charge in [-0.2, -0.15) is 8.75 Å². The fourth-order valence-corrected chi connectivity index (χ4v) is 1.31. The number of carbonyl (C=O) groups is 1. The lowest BCUT2D eigenvalue weighted by Crippen LogP contribution is -2.09. The highest BCUT2D eigenvalue weighted by Crippen LogP contribution is 2.12. The van der Waals surface area contributed by atoms with Crippen molar-refractivity contribution in [1.29, 1.82) is 0 Å². The molecule has 1 rings (SSSR count). The quantitative estimate of drug-likeness (QED) is 0.607. The largest absolute Gasteiger partial charge is 0.464 e. The van der Waals surface area contributed by atoms with Gasteiger partial charge in [-0.15, -0.1) is 11.6 Å². The molecule has 1 heterocycles. The Morgan fingerprint density at radius 1 is 1.69 bits per heavy atom. The molecule has 5 nitrogen and oxygen atoms in total. The van der Waals surface area contributed by atoms with E-state index in [1.54, 1.807) is 0 Å². The molecule has 0 aromatic carbocycles. The fourth-order valence-electron chi connectivity index (χ4n) is 0.701. The molecular formula is C6H8ClN3O2S. The Morgan fingerprint density at radius 3 is 3.08 bits per heavy atom. The second kappa shape index (κ2) is 4.98. The number of aromatic nitrogens is 2. The molecule has 1 aromatic heterocycles. The smallest absolute Gasteiger partial charge is 0.361 e. The van der Waals surface area contributed by atoms with Gasteiger partial charge >= 0.3 is 5.97 Å². The van der Waals surface area contributed by atoms with Gasteiger partial charge in [0.1, 0.15) is 0 Å². The van der Waals surface area contributed by atoms with Crippen LogP contribution in [0.2, 0.25) is 0 Å². The summed E-state index contributed by atoms with van der Waals surface area (Å²) in [6.45, 7) is 0.539. The summed E-state index contributed by atoms with van der Waals surface area (Å²) in [6, 6.07) is 0. The lowest BCUT2D eigenvalue weighted by Gasteiger charge is -2.00. The molecule has 1 aromatic rings. The summed E-state index contributed by atoms with van der Waals surface area (Å²) in [5.74, 6) is 0.376. The molecule has 0 bridgehead atoms. The topological polar surface area (TPSA) is 64.1 Å². The first-order chi connectivity index (χ1) is 6.29. The minimum absolute atomic E-state index is 0.206. The average molecular weight is 222 g/mol. The molecule has 7 heteroatoms. The van der Waals surface area contributed by atoms with Crippen molar-refractivity contribution in [3.63, 3.8) is 0 Å². The number of carbonyl (C=O) groups excluding carboxylic acids is 1. The third-order valence-electron chi connectivity index (χ3n) is 1.25. The van der Waals surface area contributed by atoms with E-state index < -0.39 is 5.97 Å². The lowest BCUT2D eigenvalue weighted by molar-refractivity contribution is 0.0596. The van der Waals surface area contributed by atoms with Crippen molar-refractivity contribution in [2.45, 2.75) is 0 Å². The van der Waals surface area contributed by atoms with Gasteiger partial charge in [0.15, 0.2) is 5.82 Å². The Morgan fingerprint density at radius 2 is 2.46 bits per heavy atom. The van der Waals surface area contributed by atoms with Crippen LogP contribution in [-0.2, 0) is 4.74 Å². The SMILES string of the molecule is COC(=O)c1nsnc1NCCCl. The van der Waals surface area contributed by atoms with Crippen LogP contribution in [0.4, 0.5) is 5.82 Å². The number of nitrogens with one attached hydrogen (secondary N) is 1. The average Bonchev–Trinajstić information content (AvgIpc) is 2.61. The highest BCUT2D eigenvalue weighted by Gasteiger charge is 2.15. The van der Waals surface area contributed by atoms with E-state index in [2.05, 4.69) is 18.8 Å². The molecule has 0 radical (unpaired) electrons. The number of ether oxygens (including phenoxy) is 1. The molecule has 0 saturated carbocycles. The predicted octanol–water partition coefficient (Wildman–Crippen LogP) is 0.975. The van der Waals surface area contributed by atoms with E-state index in [0.717, 1.165) is 11.7 Å². The van der Waals surface area contributed by atoms with Gasteiger partial charge in [0.05, 0.1) is 18.8 Å². The van der Waals surface area contributed by atoms with E-state index in [9.17, 15) is 4.79 Å². The number of hydrogen-bond donors (Lipinski definition) is 1. The summed E-state index contributed by atoms with van der Waals surface area (Å²) in [5, 5.41) is 2.86. The fraction of sp³-hybridized carbons (Fsp3) is 0.500. The number of rotatable bonds is 4. The van der Waals surface area contributed by atoms with Crippen molar-refractivity contribution in [2.75, 3.05) is 24.9 Å². The summed E-state index contributed by atoms with van der Waals surface area (Å²) >= 11 is 6.41. The van der Waals surface area contributed by atoms with Crippen LogP contribution in [0.15, 0.2) is 0 Å².